The van der Waals surface area contributed by atoms with E-state index >= 15 is 0 Å². The minimum atomic E-state index is -0.532. The second-order valence-electron chi connectivity index (χ2n) is 9.37. The van der Waals surface area contributed by atoms with Gasteiger partial charge in [0.2, 0.25) is 0 Å². The third-order valence-corrected chi connectivity index (χ3v) is 5.90. The lowest BCUT2D eigenvalue weighted by molar-refractivity contribution is 0.0530. The highest BCUT2D eigenvalue weighted by molar-refractivity contribution is 7.99. The predicted octanol–water partition coefficient (Wildman–Crippen LogP) is 4.83. The zero-order valence-corrected chi connectivity index (χ0v) is 21.7. The van der Waals surface area contributed by atoms with Gasteiger partial charge in [0.1, 0.15) is 5.60 Å². The fourth-order valence-electron chi connectivity index (χ4n) is 3.16. The van der Waals surface area contributed by atoms with Crippen LogP contribution in [0.4, 0.5) is 10.6 Å². The molecule has 0 fully saturated rings. The first-order valence-electron chi connectivity index (χ1n) is 11.7. The van der Waals surface area contributed by atoms with Crippen LogP contribution >= 0.6 is 11.8 Å². The fraction of sp³-hybridized carbons (Fsp3) is 0.542. The van der Waals surface area contributed by atoms with E-state index in [1.54, 1.807) is 11.8 Å². The number of amides is 1. The van der Waals surface area contributed by atoms with Crippen LogP contribution in [0.5, 0.6) is 0 Å². The summed E-state index contributed by atoms with van der Waals surface area (Å²) in [5.41, 5.74) is 3.20. The van der Waals surface area contributed by atoms with Crippen molar-refractivity contribution in [3.8, 4) is 0 Å². The number of alkyl carbamates (subject to hydrolysis) is 1. The molecule has 0 aliphatic carbocycles. The average molecular weight is 486 g/mol. The minimum absolute atomic E-state index is 0.383. The number of rotatable bonds is 10. The highest BCUT2D eigenvalue weighted by atomic mass is 32.2. The molecule has 2 heterocycles. The second-order valence-corrected chi connectivity index (χ2v) is 10.4. The molecule has 0 aliphatic heterocycles. The zero-order valence-electron chi connectivity index (χ0n) is 20.9. The Kier molecular flexibility index (Phi) is 8.71. The number of benzene rings is 1. The molecular formula is C24H35N7O2S. The van der Waals surface area contributed by atoms with E-state index in [1.807, 2.05) is 25.5 Å². The molecule has 0 saturated heterocycles. The maximum Gasteiger partial charge on any atom is 0.407 e. The third-order valence-electron chi connectivity index (χ3n) is 4.84. The molecule has 0 aliphatic rings. The SMILES string of the molecule is CCCSc1nc(NCCNC(=O)OC(C)(C)C)c2nnn(Cc3ccc(C(C)C)cc3)c2n1. The molecular weight excluding hydrogens is 450 g/mol. The lowest BCUT2D eigenvalue weighted by Crippen LogP contribution is -2.35. The van der Waals surface area contributed by atoms with Crippen molar-refractivity contribution >= 4 is 34.8 Å². The maximum absolute atomic E-state index is 11.9. The first-order valence-corrected chi connectivity index (χ1v) is 12.7. The summed E-state index contributed by atoms with van der Waals surface area (Å²) in [4.78, 5) is 21.3. The highest BCUT2D eigenvalue weighted by Gasteiger charge is 2.17. The number of thioether (sulfide) groups is 1. The monoisotopic (exact) mass is 485 g/mol. The van der Waals surface area contributed by atoms with Crippen LogP contribution in [0, 0.1) is 0 Å². The third kappa shape index (κ3) is 7.31. The first-order chi connectivity index (χ1) is 16.2. The van der Waals surface area contributed by atoms with Gasteiger partial charge in [-0.05, 0) is 44.2 Å². The van der Waals surface area contributed by atoms with Gasteiger partial charge >= 0.3 is 6.09 Å². The smallest absolute Gasteiger partial charge is 0.407 e. The standard InChI is InChI=1S/C24H35N7O2S/c1-7-14-34-22-27-20(25-12-13-26-23(32)33-24(4,5)6)19-21(28-22)31(30-29-19)15-17-8-10-18(11-9-17)16(2)3/h8-11,16H,7,12-15H2,1-6H3,(H,26,32)(H,25,27,28). The van der Waals surface area contributed by atoms with Crippen LogP contribution in [-0.4, -0.2) is 55.5 Å². The molecule has 1 amide bonds. The Bertz CT molecular complexity index is 1090. The van der Waals surface area contributed by atoms with Crippen LogP contribution < -0.4 is 10.6 Å². The maximum atomic E-state index is 11.9. The number of fused-ring (bicyclic) bond motifs is 1. The highest BCUT2D eigenvalue weighted by Crippen LogP contribution is 2.24. The Morgan fingerprint density at radius 3 is 2.53 bits per heavy atom. The predicted molar refractivity (Wildman–Crippen MR) is 136 cm³/mol. The van der Waals surface area contributed by atoms with E-state index in [2.05, 4.69) is 71.0 Å². The van der Waals surface area contributed by atoms with Crippen molar-refractivity contribution in [2.75, 3.05) is 24.2 Å². The summed E-state index contributed by atoms with van der Waals surface area (Å²) in [6.07, 6.45) is 0.574. The van der Waals surface area contributed by atoms with E-state index in [0.29, 0.717) is 47.7 Å². The molecule has 0 spiro atoms. The number of ether oxygens (including phenoxy) is 1. The van der Waals surface area contributed by atoms with Crippen molar-refractivity contribution in [1.82, 2.24) is 30.3 Å². The van der Waals surface area contributed by atoms with E-state index in [1.165, 1.54) is 5.56 Å². The van der Waals surface area contributed by atoms with Gasteiger partial charge in [-0.3, -0.25) is 0 Å². The summed E-state index contributed by atoms with van der Waals surface area (Å²) >= 11 is 1.60. The number of hydrogen-bond donors (Lipinski definition) is 2. The molecule has 0 atom stereocenters. The largest absolute Gasteiger partial charge is 0.444 e. The molecule has 2 N–H and O–H groups in total. The Labute approximate surface area is 205 Å². The van der Waals surface area contributed by atoms with Crippen molar-refractivity contribution < 1.29 is 9.53 Å². The van der Waals surface area contributed by atoms with Gasteiger partial charge in [-0.15, -0.1) is 5.10 Å². The van der Waals surface area contributed by atoms with Crippen molar-refractivity contribution in [2.24, 2.45) is 0 Å². The van der Waals surface area contributed by atoms with E-state index in [0.717, 1.165) is 17.7 Å². The Morgan fingerprint density at radius 2 is 1.88 bits per heavy atom. The minimum Gasteiger partial charge on any atom is -0.444 e. The van der Waals surface area contributed by atoms with E-state index < -0.39 is 11.7 Å². The van der Waals surface area contributed by atoms with Crippen molar-refractivity contribution in [3.63, 3.8) is 0 Å². The summed E-state index contributed by atoms with van der Waals surface area (Å²) in [5, 5.41) is 15.4. The number of nitrogens with zero attached hydrogens (tertiary/aromatic N) is 5. The fourth-order valence-corrected chi connectivity index (χ4v) is 3.86. The molecule has 9 nitrogen and oxygen atoms in total. The van der Waals surface area contributed by atoms with Crippen molar-refractivity contribution in [3.05, 3.63) is 35.4 Å². The van der Waals surface area contributed by atoms with Crippen molar-refractivity contribution in [1.29, 1.82) is 0 Å². The molecule has 0 radical (unpaired) electrons. The van der Waals surface area contributed by atoms with Crippen LogP contribution in [0.15, 0.2) is 29.4 Å². The van der Waals surface area contributed by atoms with Gasteiger partial charge in [0.15, 0.2) is 22.1 Å². The molecule has 10 heteroatoms. The van der Waals surface area contributed by atoms with E-state index in [-0.39, 0.29) is 0 Å². The van der Waals surface area contributed by atoms with Crippen LogP contribution in [-0.2, 0) is 11.3 Å². The average Bonchev–Trinajstić information content (AvgIpc) is 3.17. The first kappa shape index (κ1) is 25.7. The summed E-state index contributed by atoms with van der Waals surface area (Å²) < 4.78 is 7.08. The molecule has 34 heavy (non-hydrogen) atoms. The summed E-state index contributed by atoms with van der Waals surface area (Å²) in [5.74, 6) is 2.02. The topological polar surface area (TPSA) is 107 Å². The van der Waals surface area contributed by atoms with Crippen molar-refractivity contribution in [2.45, 2.75) is 71.2 Å². The van der Waals surface area contributed by atoms with Crippen LogP contribution in [0.25, 0.3) is 11.2 Å². The number of carbonyl (C=O) groups excluding carboxylic acids is 1. The lowest BCUT2D eigenvalue weighted by atomic mass is 10.0. The van der Waals surface area contributed by atoms with Gasteiger partial charge < -0.3 is 15.4 Å². The van der Waals surface area contributed by atoms with Gasteiger partial charge in [-0.25, -0.2) is 19.4 Å². The van der Waals surface area contributed by atoms with Gasteiger partial charge in [-0.2, -0.15) is 0 Å². The number of nitrogens with one attached hydrogen (secondary N) is 2. The quantitative estimate of drug-likeness (QED) is 0.239. The normalized spacial score (nSPS) is 11.7. The molecule has 184 valence electrons. The number of carbonyl (C=O) groups is 1. The van der Waals surface area contributed by atoms with Crippen LogP contribution in [0.1, 0.15) is 65.0 Å². The Morgan fingerprint density at radius 1 is 1.15 bits per heavy atom. The van der Waals surface area contributed by atoms with Gasteiger partial charge in [0.25, 0.3) is 0 Å². The molecule has 3 rings (SSSR count). The van der Waals surface area contributed by atoms with E-state index in [9.17, 15) is 4.79 Å². The number of hydrogen-bond acceptors (Lipinski definition) is 8. The molecule has 1 aromatic carbocycles. The van der Waals surface area contributed by atoms with Gasteiger partial charge in [-0.1, -0.05) is 62.0 Å². The van der Waals surface area contributed by atoms with E-state index in [4.69, 9.17) is 9.72 Å². The molecule has 0 unspecified atom stereocenters. The van der Waals surface area contributed by atoms with Crippen LogP contribution in [0.2, 0.25) is 0 Å². The summed E-state index contributed by atoms with van der Waals surface area (Å²) in [7, 11) is 0. The Hall–Kier alpha value is -2.88. The summed E-state index contributed by atoms with van der Waals surface area (Å²) in [6, 6.07) is 8.55. The van der Waals surface area contributed by atoms with Gasteiger partial charge in [0, 0.05) is 18.8 Å². The molecule has 0 bridgehead atoms. The van der Waals surface area contributed by atoms with Crippen LogP contribution in [0.3, 0.4) is 0 Å². The molecule has 3 aromatic rings. The number of anilines is 1. The lowest BCUT2D eigenvalue weighted by Gasteiger charge is -2.19. The number of aromatic nitrogens is 5. The molecule has 2 aromatic heterocycles. The molecule has 0 saturated carbocycles. The Balaban J connectivity index is 1.75. The summed E-state index contributed by atoms with van der Waals surface area (Å²) in [6.45, 7) is 13.4. The zero-order chi connectivity index (χ0) is 24.7. The second kappa shape index (κ2) is 11.5. The van der Waals surface area contributed by atoms with Gasteiger partial charge in [0.05, 0.1) is 6.54 Å².